The Morgan fingerprint density at radius 3 is 2.68 bits per heavy atom. The first-order valence-corrected chi connectivity index (χ1v) is 6.55. The van der Waals surface area contributed by atoms with Gasteiger partial charge in [0.15, 0.2) is 11.5 Å². The molecular formula is C16H13NO5. The standard InChI is InChI=1S/C16H13NO5/c1-19-13-5-3-12(4-6-13)16(18)22-17-9-11-2-7-14-15(8-11)21-10-20-14/h2-9H,10H2,1H3/b17-9+. The first-order valence-electron chi connectivity index (χ1n) is 6.55. The van der Waals surface area contributed by atoms with Crippen LogP contribution in [0.15, 0.2) is 47.6 Å². The van der Waals surface area contributed by atoms with Crippen LogP contribution in [0.5, 0.6) is 17.2 Å². The van der Waals surface area contributed by atoms with E-state index in [-0.39, 0.29) is 6.79 Å². The predicted molar refractivity (Wildman–Crippen MR) is 78.6 cm³/mol. The summed E-state index contributed by atoms with van der Waals surface area (Å²) < 4.78 is 15.5. The van der Waals surface area contributed by atoms with Crippen LogP contribution in [-0.4, -0.2) is 26.1 Å². The molecule has 3 rings (SSSR count). The molecule has 0 fully saturated rings. The third kappa shape index (κ3) is 3.01. The number of rotatable bonds is 4. The van der Waals surface area contributed by atoms with Crippen LogP contribution in [0.3, 0.4) is 0 Å². The number of hydrogen-bond donors (Lipinski definition) is 0. The molecule has 0 saturated heterocycles. The van der Waals surface area contributed by atoms with Crippen LogP contribution in [0.2, 0.25) is 0 Å². The molecule has 0 aromatic heterocycles. The van der Waals surface area contributed by atoms with Crippen LogP contribution < -0.4 is 14.2 Å². The van der Waals surface area contributed by atoms with E-state index in [2.05, 4.69) is 5.16 Å². The molecule has 0 radical (unpaired) electrons. The Bertz CT molecular complexity index is 709. The fourth-order valence-electron chi connectivity index (χ4n) is 1.91. The molecular weight excluding hydrogens is 286 g/mol. The van der Waals surface area contributed by atoms with Crippen LogP contribution in [0.4, 0.5) is 0 Å². The molecule has 0 unspecified atom stereocenters. The minimum atomic E-state index is -0.542. The van der Waals surface area contributed by atoms with E-state index in [4.69, 9.17) is 19.0 Å². The highest BCUT2D eigenvalue weighted by Gasteiger charge is 2.12. The van der Waals surface area contributed by atoms with E-state index >= 15 is 0 Å². The Labute approximate surface area is 126 Å². The van der Waals surface area contributed by atoms with Gasteiger partial charge < -0.3 is 19.0 Å². The number of fused-ring (bicyclic) bond motifs is 1. The number of oxime groups is 1. The van der Waals surface area contributed by atoms with E-state index < -0.39 is 5.97 Å². The summed E-state index contributed by atoms with van der Waals surface area (Å²) in [5, 5.41) is 3.68. The van der Waals surface area contributed by atoms with Crippen molar-refractivity contribution in [2.24, 2.45) is 5.16 Å². The Hall–Kier alpha value is -3.02. The van der Waals surface area contributed by atoms with Crippen molar-refractivity contribution in [1.82, 2.24) is 0 Å². The van der Waals surface area contributed by atoms with Gasteiger partial charge in [0, 0.05) is 5.56 Å². The Morgan fingerprint density at radius 2 is 1.91 bits per heavy atom. The van der Waals surface area contributed by atoms with E-state index in [9.17, 15) is 4.79 Å². The van der Waals surface area contributed by atoms with Crippen LogP contribution in [0, 0.1) is 0 Å². The van der Waals surface area contributed by atoms with Gasteiger partial charge in [0.05, 0.1) is 18.9 Å². The van der Waals surface area contributed by atoms with Gasteiger partial charge in [-0.2, -0.15) is 0 Å². The van der Waals surface area contributed by atoms with Crippen LogP contribution in [-0.2, 0) is 4.84 Å². The minimum Gasteiger partial charge on any atom is -0.497 e. The lowest BCUT2D eigenvalue weighted by Gasteiger charge is -2.01. The van der Waals surface area contributed by atoms with Gasteiger partial charge in [0.2, 0.25) is 6.79 Å². The monoisotopic (exact) mass is 299 g/mol. The van der Waals surface area contributed by atoms with Gasteiger partial charge in [-0.3, -0.25) is 0 Å². The van der Waals surface area contributed by atoms with E-state index in [0.717, 1.165) is 5.56 Å². The summed E-state index contributed by atoms with van der Waals surface area (Å²) in [5.74, 6) is 1.46. The fraction of sp³-hybridized carbons (Fsp3) is 0.125. The van der Waals surface area contributed by atoms with Gasteiger partial charge in [-0.15, -0.1) is 0 Å². The minimum absolute atomic E-state index is 0.211. The molecule has 0 aliphatic carbocycles. The lowest BCUT2D eigenvalue weighted by atomic mass is 10.2. The average Bonchev–Trinajstić information content (AvgIpc) is 3.02. The van der Waals surface area contributed by atoms with Crippen molar-refractivity contribution >= 4 is 12.2 Å². The fourth-order valence-corrected chi connectivity index (χ4v) is 1.91. The lowest BCUT2D eigenvalue weighted by molar-refractivity contribution is 0.0519. The van der Waals surface area contributed by atoms with Crippen molar-refractivity contribution in [2.45, 2.75) is 0 Å². The summed E-state index contributed by atoms with van der Waals surface area (Å²) in [4.78, 5) is 16.6. The highest BCUT2D eigenvalue weighted by molar-refractivity contribution is 5.90. The Balaban J connectivity index is 1.62. The topological polar surface area (TPSA) is 66.4 Å². The number of methoxy groups -OCH3 is 1. The molecule has 112 valence electrons. The summed E-state index contributed by atoms with van der Waals surface area (Å²) in [6.45, 7) is 0.211. The molecule has 0 amide bonds. The zero-order valence-electron chi connectivity index (χ0n) is 11.8. The summed E-state index contributed by atoms with van der Waals surface area (Å²) in [5.41, 5.74) is 1.13. The van der Waals surface area contributed by atoms with E-state index in [1.807, 2.05) is 0 Å². The van der Waals surface area contributed by atoms with E-state index in [0.29, 0.717) is 22.8 Å². The molecule has 1 aliphatic rings. The van der Waals surface area contributed by atoms with Crippen molar-refractivity contribution in [2.75, 3.05) is 13.9 Å². The first kappa shape index (κ1) is 13.9. The highest BCUT2D eigenvalue weighted by atomic mass is 16.7. The number of hydrogen-bond acceptors (Lipinski definition) is 6. The smallest absolute Gasteiger partial charge is 0.365 e. The largest absolute Gasteiger partial charge is 0.497 e. The number of carbonyl (C=O) groups is 1. The predicted octanol–water partition coefficient (Wildman–Crippen LogP) is 2.61. The van der Waals surface area contributed by atoms with Crippen LogP contribution >= 0.6 is 0 Å². The SMILES string of the molecule is COc1ccc(C(=O)O/N=C/c2ccc3c(c2)OCO3)cc1. The molecule has 0 spiro atoms. The van der Waals surface area contributed by atoms with Crippen LogP contribution in [0.25, 0.3) is 0 Å². The summed E-state index contributed by atoms with van der Waals surface area (Å²) >= 11 is 0. The molecule has 6 nitrogen and oxygen atoms in total. The average molecular weight is 299 g/mol. The zero-order valence-corrected chi connectivity index (χ0v) is 11.8. The molecule has 0 bridgehead atoms. The van der Waals surface area contributed by atoms with E-state index in [1.165, 1.54) is 6.21 Å². The maximum Gasteiger partial charge on any atom is 0.365 e. The summed E-state index contributed by atoms with van der Waals surface area (Å²) in [7, 11) is 1.56. The maximum absolute atomic E-state index is 11.8. The van der Waals surface area contributed by atoms with Gasteiger partial charge in [-0.1, -0.05) is 5.16 Å². The first-order chi connectivity index (χ1) is 10.8. The van der Waals surface area contributed by atoms with Crippen LogP contribution in [0.1, 0.15) is 15.9 Å². The van der Waals surface area contributed by atoms with Crippen molar-refractivity contribution in [3.63, 3.8) is 0 Å². The van der Waals surface area contributed by atoms with Crippen molar-refractivity contribution < 1.29 is 23.8 Å². The van der Waals surface area contributed by atoms with Crippen molar-refractivity contribution in [3.8, 4) is 17.2 Å². The van der Waals surface area contributed by atoms with Crippen molar-refractivity contribution in [3.05, 3.63) is 53.6 Å². The van der Waals surface area contributed by atoms with E-state index in [1.54, 1.807) is 49.6 Å². The lowest BCUT2D eigenvalue weighted by Crippen LogP contribution is -2.01. The third-order valence-corrected chi connectivity index (χ3v) is 3.06. The normalized spacial score (nSPS) is 12.4. The summed E-state index contributed by atoms with van der Waals surface area (Å²) in [6, 6.07) is 11.9. The maximum atomic E-state index is 11.8. The number of ether oxygens (including phenoxy) is 3. The molecule has 6 heteroatoms. The quantitative estimate of drug-likeness (QED) is 0.493. The van der Waals surface area contributed by atoms with Gasteiger partial charge in [0.25, 0.3) is 0 Å². The molecule has 1 aliphatic heterocycles. The second-order valence-electron chi connectivity index (χ2n) is 4.45. The molecule has 0 atom stereocenters. The number of benzene rings is 2. The van der Waals surface area contributed by atoms with Gasteiger partial charge in [0.1, 0.15) is 5.75 Å². The van der Waals surface area contributed by atoms with Gasteiger partial charge >= 0.3 is 5.97 Å². The highest BCUT2D eigenvalue weighted by Crippen LogP contribution is 2.31. The zero-order chi connectivity index (χ0) is 15.4. The molecule has 0 N–H and O–H groups in total. The molecule has 1 heterocycles. The second-order valence-corrected chi connectivity index (χ2v) is 4.45. The second kappa shape index (κ2) is 6.17. The van der Waals surface area contributed by atoms with Gasteiger partial charge in [-0.25, -0.2) is 4.79 Å². The molecule has 22 heavy (non-hydrogen) atoms. The summed E-state index contributed by atoms with van der Waals surface area (Å²) in [6.07, 6.45) is 1.43. The number of nitrogens with zero attached hydrogens (tertiary/aromatic N) is 1. The number of carbonyl (C=O) groups excluding carboxylic acids is 1. The molecule has 0 saturated carbocycles. The third-order valence-electron chi connectivity index (χ3n) is 3.06. The van der Waals surface area contributed by atoms with Crippen molar-refractivity contribution in [1.29, 1.82) is 0 Å². The Morgan fingerprint density at radius 1 is 1.14 bits per heavy atom. The molecule has 2 aromatic carbocycles. The molecule has 2 aromatic rings. The Kier molecular flexibility index (Phi) is 3.91. The van der Waals surface area contributed by atoms with Gasteiger partial charge in [-0.05, 0) is 42.5 Å².